The fourth-order valence-electron chi connectivity index (χ4n) is 4.11. The molecule has 1 aliphatic heterocycles. The summed E-state index contributed by atoms with van der Waals surface area (Å²) in [5.41, 5.74) is 0.795. The minimum atomic E-state index is -3.84. The third-order valence-corrected chi connectivity index (χ3v) is 9.50. The van der Waals surface area contributed by atoms with Crippen molar-refractivity contribution in [2.75, 3.05) is 37.3 Å². The van der Waals surface area contributed by atoms with Crippen molar-refractivity contribution in [2.45, 2.75) is 22.6 Å². The lowest BCUT2D eigenvalue weighted by atomic mass is 9.99. The van der Waals surface area contributed by atoms with Gasteiger partial charge in [0.1, 0.15) is 11.5 Å². The Kier molecular flexibility index (Phi) is 8.24. The standard InChI is InChI=1S/C26H29N3O7S2/c1-35-22-9-5-21(6-10-22)28-37(31,32)24-13-7-20(8-14-24)27-26(30)19-4-3-17-29(18-19)38(33,34)25-15-11-23(36-2)12-16-25/h5-16,19,28H,3-4,17-18H2,1-2H3,(H,27,30)/t19-/m0/s1. The number of anilines is 2. The van der Waals surface area contributed by atoms with Gasteiger partial charge in [-0.1, -0.05) is 0 Å². The first-order valence-corrected chi connectivity index (χ1v) is 14.8. The second-order valence-electron chi connectivity index (χ2n) is 8.73. The molecule has 38 heavy (non-hydrogen) atoms. The van der Waals surface area contributed by atoms with E-state index in [1.165, 1.54) is 54.9 Å². The molecular formula is C26H29N3O7S2. The van der Waals surface area contributed by atoms with Crippen LogP contribution in [0.2, 0.25) is 0 Å². The number of nitrogens with zero attached hydrogens (tertiary/aromatic N) is 1. The highest BCUT2D eigenvalue weighted by atomic mass is 32.2. The number of rotatable bonds is 9. The van der Waals surface area contributed by atoms with E-state index in [9.17, 15) is 21.6 Å². The van der Waals surface area contributed by atoms with Crippen molar-refractivity contribution < 1.29 is 31.1 Å². The number of benzene rings is 3. The van der Waals surface area contributed by atoms with Crippen molar-refractivity contribution in [1.82, 2.24) is 4.31 Å². The fraction of sp³-hybridized carbons (Fsp3) is 0.269. The Balaban J connectivity index is 1.39. The van der Waals surface area contributed by atoms with Gasteiger partial charge in [-0.3, -0.25) is 9.52 Å². The summed E-state index contributed by atoms with van der Waals surface area (Å²) in [6.07, 6.45) is 1.08. The summed E-state index contributed by atoms with van der Waals surface area (Å²) >= 11 is 0. The SMILES string of the molecule is COc1ccc(NS(=O)(=O)c2ccc(NC(=O)[C@H]3CCCN(S(=O)(=O)c4ccc(OC)cc4)C3)cc2)cc1. The number of methoxy groups -OCH3 is 2. The summed E-state index contributed by atoms with van der Waals surface area (Å²) in [7, 11) is -4.57. The first kappa shape index (κ1) is 27.4. The molecule has 202 valence electrons. The van der Waals surface area contributed by atoms with Crippen molar-refractivity contribution in [3.63, 3.8) is 0 Å². The molecule has 2 N–H and O–H groups in total. The number of sulfonamides is 2. The molecule has 1 heterocycles. The van der Waals surface area contributed by atoms with Gasteiger partial charge in [-0.2, -0.15) is 4.31 Å². The zero-order valence-electron chi connectivity index (χ0n) is 21.0. The third kappa shape index (κ3) is 6.26. The summed E-state index contributed by atoms with van der Waals surface area (Å²) in [4.78, 5) is 13.1. The lowest BCUT2D eigenvalue weighted by molar-refractivity contribution is -0.120. The van der Waals surface area contributed by atoms with Gasteiger partial charge in [0, 0.05) is 24.5 Å². The number of hydrogen-bond acceptors (Lipinski definition) is 7. The number of piperidine rings is 1. The monoisotopic (exact) mass is 559 g/mol. The highest BCUT2D eigenvalue weighted by molar-refractivity contribution is 7.92. The quantitative estimate of drug-likeness (QED) is 0.410. The molecule has 10 nitrogen and oxygen atoms in total. The molecule has 3 aromatic carbocycles. The van der Waals surface area contributed by atoms with Gasteiger partial charge in [0.25, 0.3) is 10.0 Å². The predicted octanol–water partition coefficient (Wildman–Crippen LogP) is 3.54. The van der Waals surface area contributed by atoms with Crippen LogP contribution in [0.1, 0.15) is 12.8 Å². The summed E-state index contributed by atoms with van der Waals surface area (Å²) in [5.74, 6) is 0.283. The molecule has 3 aromatic rings. The molecule has 1 aliphatic rings. The van der Waals surface area contributed by atoms with Gasteiger partial charge in [0.05, 0.1) is 29.9 Å². The number of amides is 1. The largest absolute Gasteiger partial charge is 0.497 e. The summed E-state index contributed by atoms with van der Waals surface area (Å²) < 4.78 is 65.6. The van der Waals surface area contributed by atoms with E-state index in [1.807, 2.05) is 0 Å². The fourth-order valence-corrected chi connectivity index (χ4v) is 6.69. The molecule has 0 bridgehead atoms. The van der Waals surface area contributed by atoms with Gasteiger partial charge >= 0.3 is 0 Å². The predicted molar refractivity (Wildman–Crippen MR) is 143 cm³/mol. The smallest absolute Gasteiger partial charge is 0.261 e. The van der Waals surface area contributed by atoms with Crippen molar-refractivity contribution >= 4 is 37.3 Å². The number of carbonyl (C=O) groups excluding carboxylic acids is 1. The van der Waals surface area contributed by atoms with Crippen LogP contribution in [0.4, 0.5) is 11.4 Å². The van der Waals surface area contributed by atoms with Crippen molar-refractivity contribution in [2.24, 2.45) is 5.92 Å². The maximum absolute atomic E-state index is 13.1. The van der Waals surface area contributed by atoms with Crippen molar-refractivity contribution in [1.29, 1.82) is 0 Å². The zero-order chi connectivity index (χ0) is 27.3. The second-order valence-corrected chi connectivity index (χ2v) is 12.3. The lowest BCUT2D eigenvalue weighted by Gasteiger charge is -2.31. The number of ether oxygens (including phenoxy) is 2. The van der Waals surface area contributed by atoms with Crippen LogP contribution in [0.15, 0.2) is 82.6 Å². The van der Waals surface area contributed by atoms with Gasteiger partial charge in [-0.05, 0) is 85.6 Å². The first-order valence-electron chi connectivity index (χ1n) is 11.8. The van der Waals surface area contributed by atoms with Crippen molar-refractivity contribution in [3.8, 4) is 11.5 Å². The average Bonchev–Trinajstić information content (AvgIpc) is 2.93. The minimum Gasteiger partial charge on any atom is -0.497 e. The molecule has 0 unspecified atom stereocenters. The van der Waals surface area contributed by atoms with Crippen LogP contribution >= 0.6 is 0 Å². The number of hydrogen-bond donors (Lipinski definition) is 2. The van der Waals surface area contributed by atoms with E-state index in [0.717, 1.165) is 0 Å². The van der Waals surface area contributed by atoms with E-state index >= 15 is 0 Å². The van der Waals surface area contributed by atoms with Crippen LogP contribution in [0.25, 0.3) is 0 Å². The van der Waals surface area contributed by atoms with E-state index in [1.54, 1.807) is 36.4 Å². The summed E-state index contributed by atoms with van der Waals surface area (Å²) in [6, 6.07) is 18.4. The molecule has 1 amide bonds. The Labute approximate surface area is 222 Å². The van der Waals surface area contributed by atoms with Crippen molar-refractivity contribution in [3.05, 3.63) is 72.8 Å². The van der Waals surface area contributed by atoms with E-state index in [4.69, 9.17) is 9.47 Å². The maximum Gasteiger partial charge on any atom is 0.261 e. The van der Waals surface area contributed by atoms with Gasteiger partial charge in [-0.15, -0.1) is 0 Å². The molecule has 0 aliphatic carbocycles. The molecular weight excluding hydrogens is 530 g/mol. The highest BCUT2D eigenvalue weighted by Gasteiger charge is 2.33. The van der Waals surface area contributed by atoms with Crippen LogP contribution in [0.5, 0.6) is 11.5 Å². The van der Waals surface area contributed by atoms with Crippen LogP contribution < -0.4 is 19.5 Å². The van der Waals surface area contributed by atoms with Gasteiger partial charge in [0.2, 0.25) is 15.9 Å². The van der Waals surface area contributed by atoms with E-state index in [-0.39, 0.29) is 22.2 Å². The van der Waals surface area contributed by atoms with E-state index < -0.39 is 26.0 Å². The minimum absolute atomic E-state index is 0.0285. The molecule has 0 saturated carbocycles. The number of carbonyl (C=O) groups is 1. The molecule has 0 spiro atoms. The highest BCUT2D eigenvalue weighted by Crippen LogP contribution is 2.26. The molecule has 12 heteroatoms. The second kappa shape index (κ2) is 11.4. The van der Waals surface area contributed by atoms with E-state index in [0.29, 0.717) is 42.3 Å². The Morgan fingerprint density at radius 3 is 1.89 bits per heavy atom. The molecule has 4 rings (SSSR count). The molecule has 1 fully saturated rings. The first-order chi connectivity index (χ1) is 18.1. The molecule has 1 atom stereocenters. The summed E-state index contributed by atoms with van der Waals surface area (Å²) in [6.45, 7) is 0.379. The van der Waals surface area contributed by atoms with Crippen LogP contribution in [0, 0.1) is 5.92 Å². The van der Waals surface area contributed by atoms with Gasteiger partial charge in [-0.25, -0.2) is 16.8 Å². The van der Waals surface area contributed by atoms with Crippen LogP contribution in [0.3, 0.4) is 0 Å². The third-order valence-electron chi connectivity index (χ3n) is 6.23. The van der Waals surface area contributed by atoms with E-state index in [2.05, 4.69) is 10.0 Å². The topological polar surface area (TPSA) is 131 Å². The Morgan fingerprint density at radius 2 is 1.32 bits per heavy atom. The normalized spacial score (nSPS) is 16.4. The molecule has 1 saturated heterocycles. The molecule has 0 aromatic heterocycles. The zero-order valence-corrected chi connectivity index (χ0v) is 22.6. The number of nitrogens with one attached hydrogen (secondary N) is 2. The Hall–Kier alpha value is -3.61. The van der Waals surface area contributed by atoms with Gasteiger partial charge < -0.3 is 14.8 Å². The Morgan fingerprint density at radius 1 is 0.789 bits per heavy atom. The summed E-state index contributed by atoms with van der Waals surface area (Å²) in [5, 5.41) is 2.77. The van der Waals surface area contributed by atoms with Crippen LogP contribution in [-0.4, -0.2) is 54.4 Å². The van der Waals surface area contributed by atoms with Gasteiger partial charge in [0.15, 0.2) is 0 Å². The lowest BCUT2D eigenvalue weighted by Crippen LogP contribution is -2.43. The Bertz CT molecular complexity index is 1470. The maximum atomic E-state index is 13.1. The molecule has 0 radical (unpaired) electrons. The average molecular weight is 560 g/mol. The van der Waals surface area contributed by atoms with Crippen LogP contribution in [-0.2, 0) is 24.8 Å².